The van der Waals surface area contributed by atoms with Gasteiger partial charge in [0.15, 0.2) is 0 Å². The van der Waals surface area contributed by atoms with Gasteiger partial charge in [-0.2, -0.15) is 0 Å². The van der Waals surface area contributed by atoms with Gasteiger partial charge in [0.05, 0.1) is 6.10 Å². The van der Waals surface area contributed by atoms with Crippen LogP contribution in [0.3, 0.4) is 0 Å². The second-order valence-corrected chi connectivity index (χ2v) is 8.15. The third-order valence-corrected chi connectivity index (χ3v) is 6.54. The van der Waals surface area contributed by atoms with Crippen molar-refractivity contribution in [2.75, 3.05) is 0 Å². The summed E-state index contributed by atoms with van der Waals surface area (Å²) in [6.07, 6.45) is 6.66. The van der Waals surface area contributed by atoms with Crippen molar-refractivity contribution in [1.29, 1.82) is 0 Å². The molecule has 3 nitrogen and oxygen atoms in total. The number of esters is 1. The Morgan fingerprint density at radius 3 is 2.00 bits per heavy atom. The fraction of sp³-hybridized carbons (Fsp3) is 0.833. The van der Waals surface area contributed by atoms with Gasteiger partial charge in [-0.3, -0.25) is 0 Å². The Morgan fingerprint density at radius 2 is 1.67 bits per heavy atom. The first kappa shape index (κ1) is 15.1. The highest BCUT2D eigenvalue weighted by molar-refractivity contribution is 5.87. The molecule has 2 atom stereocenters. The summed E-state index contributed by atoms with van der Waals surface area (Å²) < 4.78 is 5.86. The summed E-state index contributed by atoms with van der Waals surface area (Å²) >= 11 is 0. The van der Waals surface area contributed by atoms with Crippen molar-refractivity contribution in [1.82, 2.24) is 0 Å². The lowest BCUT2D eigenvalue weighted by Gasteiger charge is -2.62. The minimum atomic E-state index is -0.793. The predicted molar refractivity (Wildman–Crippen MR) is 81.6 cm³/mol. The van der Waals surface area contributed by atoms with Gasteiger partial charge in [-0.15, -0.1) is 0 Å². The molecule has 0 heterocycles. The van der Waals surface area contributed by atoms with Crippen LogP contribution in [-0.4, -0.2) is 22.8 Å². The van der Waals surface area contributed by atoms with Crippen molar-refractivity contribution < 1.29 is 14.6 Å². The molecule has 118 valence electrons. The van der Waals surface area contributed by atoms with Gasteiger partial charge in [0.25, 0.3) is 0 Å². The van der Waals surface area contributed by atoms with Crippen LogP contribution in [0.1, 0.15) is 59.3 Å². The molecule has 0 amide bonds. The van der Waals surface area contributed by atoms with Crippen molar-refractivity contribution >= 4 is 5.97 Å². The first-order chi connectivity index (χ1) is 9.76. The molecule has 4 fully saturated rings. The molecule has 3 heteroatoms. The topological polar surface area (TPSA) is 46.5 Å². The van der Waals surface area contributed by atoms with Crippen LogP contribution in [0.5, 0.6) is 0 Å². The Morgan fingerprint density at radius 1 is 1.24 bits per heavy atom. The van der Waals surface area contributed by atoms with Crippen molar-refractivity contribution in [3.05, 3.63) is 12.2 Å². The quantitative estimate of drug-likeness (QED) is 0.637. The fourth-order valence-corrected chi connectivity index (χ4v) is 5.63. The molecule has 4 rings (SSSR count). The summed E-state index contributed by atoms with van der Waals surface area (Å²) in [5.41, 5.74) is -0.424. The third-order valence-electron chi connectivity index (χ3n) is 6.54. The monoisotopic (exact) mass is 292 g/mol. The number of carbonyl (C=O) groups excluding carboxylic acids is 1. The van der Waals surface area contributed by atoms with Crippen LogP contribution < -0.4 is 0 Å². The highest BCUT2D eigenvalue weighted by Crippen LogP contribution is 2.65. The SMILES string of the molecule is C=C(C)C(=O)OC(C)(C(C)O)C12CC3CC(CC(C3)C1)C2. The van der Waals surface area contributed by atoms with Crippen LogP contribution in [0.25, 0.3) is 0 Å². The minimum Gasteiger partial charge on any atom is -0.453 e. The highest BCUT2D eigenvalue weighted by atomic mass is 16.6. The lowest BCUT2D eigenvalue weighted by atomic mass is 9.45. The molecule has 0 aromatic carbocycles. The normalized spacial score (nSPS) is 41.4. The number of carbonyl (C=O) groups is 1. The first-order valence-corrected chi connectivity index (χ1v) is 8.33. The van der Waals surface area contributed by atoms with E-state index >= 15 is 0 Å². The lowest BCUT2D eigenvalue weighted by molar-refractivity contribution is -0.227. The Hall–Kier alpha value is -0.830. The van der Waals surface area contributed by atoms with Gasteiger partial charge >= 0.3 is 5.97 Å². The van der Waals surface area contributed by atoms with E-state index in [2.05, 4.69) is 6.58 Å². The molecule has 0 aliphatic heterocycles. The number of hydrogen-bond donors (Lipinski definition) is 1. The van der Waals surface area contributed by atoms with Crippen LogP contribution in [0.2, 0.25) is 0 Å². The zero-order chi connectivity index (χ0) is 15.4. The van der Waals surface area contributed by atoms with E-state index in [-0.39, 0.29) is 11.4 Å². The van der Waals surface area contributed by atoms with Crippen LogP contribution in [0.4, 0.5) is 0 Å². The van der Waals surface area contributed by atoms with Crippen molar-refractivity contribution in [2.24, 2.45) is 23.2 Å². The van der Waals surface area contributed by atoms with Crippen LogP contribution in [0, 0.1) is 23.2 Å². The molecule has 0 saturated heterocycles. The van der Waals surface area contributed by atoms with Gasteiger partial charge in [-0.25, -0.2) is 4.79 Å². The number of ether oxygens (including phenoxy) is 1. The number of hydrogen-bond acceptors (Lipinski definition) is 3. The van der Waals surface area contributed by atoms with Gasteiger partial charge < -0.3 is 9.84 Å². The van der Waals surface area contributed by atoms with E-state index in [1.165, 1.54) is 19.3 Å². The second-order valence-electron chi connectivity index (χ2n) is 8.15. The summed E-state index contributed by atoms with van der Waals surface area (Å²) in [7, 11) is 0. The van der Waals surface area contributed by atoms with E-state index in [4.69, 9.17) is 4.74 Å². The van der Waals surface area contributed by atoms with Gasteiger partial charge in [0, 0.05) is 11.0 Å². The summed E-state index contributed by atoms with van der Waals surface area (Å²) in [5.74, 6) is 1.92. The van der Waals surface area contributed by atoms with Crippen molar-refractivity contribution in [3.8, 4) is 0 Å². The van der Waals surface area contributed by atoms with Crippen LogP contribution >= 0.6 is 0 Å². The first-order valence-electron chi connectivity index (χ1n) is 8.33. The van der Waals surface area contributed by atoms with Gasteiger partial charge in [0.2, 0.25) is 0 Å². The largest absolute Gasteiger partial charge is 0.453 e. The predicted octanol–water partition coefficient (Wildman–Crippen LogP) is 3.46. The standard InChI is InChI=1S/C18H28O3/c1-11(2)16(20)21-17(4,12(3)19)18-8-13-5-14(9-18)7-15(6-13)10-18/h12-15,19H,1,5-10H2,2-4H3. The molecular formula is C18H28O3. The Bertz CT molecular complexity index is 430. The third kappa shape index (κ3) is 2.25. The Balaban J connectivity index is 1.93. The van der Waals surface area contributed by atoms with Crippen molar-refractivity contribution in [3.63, 3.8) is 0 Å². The molecule has 0 aromatic heterocycles. The average molecular weight is 292 g/mol. The molecule has 21 heavy (non-hydrogen) atoms. The molecule has 4 aliphatic carbocycles. The van der Waals surface area contributed by atoms with Crippen LogP contribution in [-0.2, 0) is 9.53 Å². The lowest BCUT2D eigenvalue weighted by Crippen LogP contribution is -2.62. The number of aliphatic hydroxyl groups excluding tert-OH is 1. The smallest absolute Gasteiger partial charge is 0.333 e. The van der Waals surface area contributed by atoms with Gasteiger partial charge in [0.1, 0.15) is 5.60 Å². The zero-order valence-electron chi connectivity index (χ0n) is 13.5. The number of rotatable bonds is 4. The van der Waals surface area contributed by atoms with E-state index in [1.54, 1.807) is 13.8 Å². The second kappa shape index (κ2) is 4.84. The van der Waals surface area contributed by atoms with E-state index in [9.17, 15) is 9.90 Å². The molecule has 1 N–H and O–H groups in total. The molecule has 4 aliphatic rings. The van der Waals surface area contributed by atoms with E-state index in [1.807, 2.05) is 6.92 Å². The molecule has 0 spiro atoms. The summed E-state index contributed by atoms with van der Waals surface area (Å²) in [4.78, 5) is 12.1. The maximum Gasteiger partial charge on any atom is 0.333 e. The summed E-state index contributed by atoms with van der Waals surface area (Å²) in [6.45, 7) is 9.08. The van der Waals surface area contributed by atoms with E-state index in [0.29, 0.717) is 5.57 Å². The molecular weight excluding hydrogens is 264 g/mol. The maximum atomic E-state index is 12.1. The summed E-state index contributed by atoms with van der Waals surface area (Å²) in [5, 5.41) is 10.5. The average Bonchev–Trinajstić information content (AvgIpc) is 2.36. The van der Waals surface area contributed by atoms with Crippen LogP contribution in [0.15, 0.2) is 12.2 Å². The van der Waals surface area contributed by atoms with E-state index < -0.39 is 11.7 Å². The highest BCUT2D eigenvalue weighted by Gasteiger charge is 2.62. The molecule has 0 radical (unpaired) electrons. The van der Waals surface area contributed by atoms with Crippen molar-refractivity contribution in [2.45, 2.75) is 71.0 Å². The summed E-state index contributed by atoms with van der Waals surface area (Å²) in [6, 6.07) is 0. The van der Waals surface area contributed by atoms with Gasteiger partial charge in [-0.1, -0.05) is 6.58 Å². The zero-order valence-corrected chi connectivity index (χ0v) is 13.5. The fourth-order valence-electron chi connectivity index (χ4n) is 5.63. The molecule has 4 bridgehead atoms. The Labute approximate surface area is 127 Å². The molecule has 2 unspecified atom stereocenters. The molecule has 0 aromatic rings. The Kier molecular flexibility index (Phi) is 3.47. The molecule has 4 saturated carbocycles. The van der Waals surface area contributed by atoms with E-state index in [0.717, 1.165) is 37.0 Å². The van der Waals surface area contributed by atoms with Gasteiger partial charge in [-0.05, 0) is 77.0 Å². The maximum absolute atomic E-state index is 12.1. The number of aliphatic hydroxyl groups is 1. The minimum absolute atomic E-state index is 0.0406.